The zero-order valence-electron chi connectivity index (χ0n) is 15.0. The van der Waals surface area contributed by atoms with Crippen molar-refractivity contribution in [1.82, 2.24) is 0 Å². The summed E-state index contributed by atoms with van der Waals surface area (Å²) in [6.07, 6.45) is 0. The molecule has 0 atom stereocenters. The van der Waals surface area contributed by atoms with Crippen LogP contribution >= 0.6 is 23.2 Å². The fourth-order valence-corrected chi connectivity index (χ4v) is 4.23. The van der Waals surface area contributed by atoms with E-state index in [4.69, 9.17) is 23.2 Å². The third kappa shape index (κ3) is 2.86. The highest BCUT2D eigenvalue weighted by Gasteiger charge is 2.45. The zero-order chi connectivity index (χ0) is 19.1. The summed E-state index contributed by atoms with van der Waals surface area (Å²) in [6.45, 7) is 0. The molecule has 0 spiro atoms. The van der Waals surface area contributed by atoms with Gasteiger partial charge in [-0.05, 0) is 60.7 Å². The highest BCUT2D eigenvalue weighted by atomic mass is 35.5. The van der Waals surface area contributed by atoms with Gasteiger partial charge in [0.05, 0.1) is 32.3 Å². The van der Waals surface area contributed by atoms with Crippen molar-refractivity contribution in [2.45, 2.75) is 0 Å². The van der Waals surface area contributed by atoms with Crippen LogP contribution in [0.3, 0.4) is 0 Å². The molecule has 4 aromatic rings. The van der Waals surface area contributed by atoms with Gasteiger partial charge in [0.2, 0.25) is 0 Å². The van der Waals surface area contributed by atoms with Crippen LogP contribution in [0.2, 0.25) is 10.0 Å². The van der Waals surface area contributed by atoms with E-state index in [-0.39, 0.29) is 0 Å². The van der Waals surface area contributed by atoms with Gasteiger partial charge in [-0.15, -0.1) is 0 Å². The van der Waals surface area contributed by atoms with Crippen molar-refractivity contribution in [3.05, 3.63) is 141 Å². The smallest absolute Gasteiger partial charge is 0.0828 e. The lowest BCUT2D eigenvalue weighted by Gasteiger charge is -2.17. The van der Waals surface area contributed by atoms with E-state index in [0.29, 0.717) is 0 Å². The van der Waals surface area contributed by atoms with E-state index in [9.17, 15) is 0 Å². The minimum absolute atomic E-state index is 0.733. The number of rotatable bonds is 3. The molecule has 4 aromatic carbocycles. The average Bonchev–Trinajstić information content (AvgIpc) is 3.06. The lowest BCUT2D eigenvalue weighted by Crippen LogP contribution is -2.14. The van der Waals surface area contributed by atoms with Gasteiger partial charge in [-0.1, -0.05) is 23.2 Å². The number of halogens is 2. The predicted octanol–water partition coefficient (Wildman–Crippen LogP) is 7.62. The van der Waals surface area contributed by atoms with E-state index < -0.39 is 0 Å². The van der Waals surface area contributed by atoms with Crippen LogP contribution in [0.25, 0.3) is 11.1 Å². The van der Waals surface area contributed by atoms with Crippen molar-refractivity contribution in [3.8, 4) is 11.1 Å². The fraction of sp³-hybridized carbons (Fsp3) is 0. The molecule has 132 valence electrons. The zero-order valence-corrected chi connectivity index (χ0v) is 16.5. The van der Waals surface area contributed by atoms with Gasteiger partial charge in [-0.25, -0.2) is 0 Å². The number of fused-ring (bicyclic) bond motifs is 3. The second kappa shape index (κ2) is 6.98. The minimum atomic E-state index is 0.733. The van der Waals surface area contributed by atoms with Crippen LogP contribution in [0.5, 0.6) is 0 Å². The molecule has 0 bridgehead atoms. The SMILES string of the molecule is Clc1ccc([C+](c2ccc(Cl)cc2)[C+]2c3ccccc3-c3ccccc32)cc1. The van der Waals surface area contributed by atoms with Crippen LogP contribution in [0.4, 0.5) is 0 Å². The number of hydrogen-bond donors (Lipinski definition) is 0. The molecule has 0 amide bonds. The summed E-state index contributed by atoms with van der Waals surface area (Å²) >= 11 is 12.3. The second-order valence-electron chi connectivity index (χ2n) is 6.85. The van der Waals surface area contributed by atoms with E-state index in [1.165, 1.54) is 34.1 Å². The molecule has 0 radical (unpaired) electrons. The van der Waals surface area contributed by atoms with Crippen LogP contribution < -0.4 is 0 Å². The molecule has 5 rings (SSSR count). The topological polar surface area (TPSA) is 0 Å². The Labute approximate surface area is 175 Å². The van der Waals surface area contributed by atoms with Gasteiger partial charge in [0.15, 0.2) is 0 Å². The van der Waals surface area contributed by atoms with E-state index >= 15 is 0 Å². The summed E-state index contributed by atoms with van der Waals surface area (Å²) in [6, 6.07) is 33.3. The van der Waals surface area contributed by atoms with Crippen LogP contribution in [0.15, 0.2) is 97.1 Å². The monoisotopic (exact) mass is 398 g/mol. The first-order chi connectivity index (χ1) is 13.7. The number of hydrogen-bond acceptors (Lipinski definition) is 0. The minimum Gasteiger partial charge on any atom is -0.0828 e. The highest BCUT2D eigenvalue weighted by Crippen LogP contribution is 2.51. The van der Waals surface area contributed by atoms with E-state index in [2.05, 4.69) is 72.8 Å². The van der Waals surface area contributed by atoms with Crippen molar-refractivity contribution in [1.29, 1.82) is 0 Å². The predicted molar refractivity (Wildman–Crippen MR) is 118 cm³/mol. The number of benzene rings is 4. The third-order valence-electron chi connectivity index (χ3n) is 5.20. The van der Waals surface area contributed by atoms with Crippen molar-refractivity contribution in [3.63, 3.8) is 0 Å². The Morgan fingerprint density at radius 2 is 0.893 bits per heavy atom. The van der Waals surface area contributed by atoms with Crippen LogP contribution in [-0.2, 0) is 0 Å². The maximum atomic E-state index is 6.17. The van der Waals surface area contributed by atoms with Gasteiger partial charge in [0, 0.05) is 36.4 Å². The molecule has 0 fully saturated rings. The molecule has 0 aliphatic heterocycles. The van der Waals surface area contributed by atoms with Gasteiger partial charge >= 0.3 is 0 Å². The Morgan fingerprint density at radius 3 is 1.32 bits per heavy atom. The molecular formula is C26H16Cl2+2. The molecule has 1 aliphatic carbocycles. The molecule has 0 saturated heterocycles. The summed E-state index contributed by atoms with van der Waals surface area (Å²) in [7, 11) is 0. The molecule has 1 aliphatic rings. The molecule has 28 heavy (non-hydrogen) atoms. The molecule has 0 N–H and O–H groups in total. The molecular weight excluding hydrogens is 383 g/mol. The van der Waals surface area contributed by atoms with Crippen LogP contribution in [0.1, 0.15) is 22.3 Å². The Morgan fingerprint density at radius 1 is 0.500 bits per heavy atom. The molecule has 0 nitrogen and oxygen atoms in total. The first-order valence-electron chi connectivity index (χ1n) is 9.18. The van der Waals surface area contributed by atoms with E-state index in [0.717, 1.165) is 21.2 Å². The third-order valence-corrected chi connectivity index (χ3v) is 5.70. The first kappa shape index (κ1) is 17.3. The standard InChI is InChI=1S/C26H16Cl2/c27-19-13-9-17(10-14-19)25(18-11-15-20(28)16-12-18)26-23-7-3-1-5-21(23)22-6-2-4-8-24(22)26/h1-16H/q+2. The average molecular weight is 399 g/mol. The molecule has 0 heterocycles. The van der Waals surface area contributed by atoms with Gasteiger partial charge in [0.25, 0.3) is 0 Å². The lowest BCUT2D eigenvalue weighted by molar-refractivity contribution is 1.11. The van der Waals surface area contributed by atoms with Crippen molar-refractivity contribution in [2.24, 2.45) is 0 Å². The fourth-order valence-electron chi connectivity index (χ4n) is 3.97. The lowest BCUT2D eigenvalue weighted by atomic mass is 9.76. The molecule has 2 heteroatoms. The second-order valence-corrected chi connectivity index (χ2v) is 7.73. The van der Waals surface area contributed by atoms with Gasteiger partial charge in [-0.2, -0.15) is 0 Å². The Kier molecular flexibility index (Phi) is 4.31. The largest absolute Gasteiger partial charge is 0.113 e. The van der Waals surface area contributed by atoms with Crippen LogP contribution in [0, 0.1) is 11.8 Å². The van der Waals surface area contributed by atoms with E-state index in [1.807, 2.05) is 24.3 Å². The quantitative estimate of drug-likeness (QED) is 0.311. The summed E-state index contributed by atoms with van der Waals surface area (Å²) in [5.41, 5.74) is 7.32. The summed E-state index contributed by atoms with van der Waals surface area (Å²) in [5.74, 6) is 2.43. The normalized spacial score (nSPS) is 11.9. The maximum Gasteiger partial charge on any atom is 0.113 e. The van der Waals surface area contributed by atoms with Crippen molar-refractivity contribution >= 4 is 23.2 Å². The molecule has 0 unspecified atom stereocenters. The van der Waals surface area contributed by atoms with Gasteiger partial charge in [-0.3, -0.25) is 0 Å². The Hall–Kier alpha value is -2.80. The maximum absolute atomic E-state index is 6.17. The summed E-state index contributed by atoms with van der Waals surface area (Å²) in [5, 5.41) is 1.47. The first-order valence-corrected chi connectivity index (χ1v) is 9.93. The van der Waals surface area contributed by atoms with E-state index in [1.54, 1.807) is 0 Å². The van der Waals surface area contributed by atoms with Gasteiger partial charge in [0.1, 0.15) is 23.0 Å². The van der Waals surface area contributed by atoms with Crippen molar-refractivity contribution in [2.75, 3.05) is 0 Å². The van der Waals surface area contributed by atoms with Gasteiger partial charge < -0.3 is 0 Å². The Balaban J connectivity index is 1.75. The highest BCUT2D eigenvalue weighted by molar-refractivity contribution is 6.30. The Bertz CT molecular complexity index is 1040. The van der Waals surface area contributed by atoms with Crippen LogP contribution in [-0.4, -0.2) is 0 Å². The van der Waals surface area contributed by atoms with Crippen molar-refractivity contribution < 1.29 is 0 Å². The summed E-state index contributed by atoms with van der Waals surface area (Å²) in [4.78, 5) is 0. The molecule has 0 aromatic heterocycles. The molecule has 0 saturated carbocycles. The summed E-state index contributed by atoms with van der Waals surface area (Å²) < 4.78 is 0.